The Balaban J connectivity index is 1.69. The van der Waals surface area contributed by atoms with Crippen molar-refractivity contribution in [3.63, 3.8) is 0 Å². The Hall–Kier alpha value is -2.28. The van der Waals surface area contributed by atoms with Crippen LogP contribution < -0.4 is 11.1 Å². The number of nitrogens with zero attached hydrogens (tertiary/aromatic N) is 3. The molecule has 1 aliphatic rings. The van der Waals surface area contributed by atoms with Crippen LogP contribution in [0.2, 0.25) is 5.02 Å². The Kier molecular flexibility index (Phi) is 7.06. The molecule has 1 aromatic rings. The highest BCUT2D eigenvalue weighted by Crippen LogP contribution is 2.20. The van der Waals surface area contributed by atoms with Crippen molar-refractivity contribution in [2.45, 2.75) is 44.2 Å². The van der Waals surface area contributed by atoms with Gasteiger partial charge in [0, 0.05) is 18.8 Å². The number of unbranched alkanes of at least 4 members (excludes halogenated alkanes) is 1. The Bertz CT molecular complexity index is 694. The normalized spacial score (nSPS) is 17.6. The molecule has 1 saturated heterocycles. The smallest absolute Gasteiger partial charge is 0.240 e. The van der Waals surface area contributed by atoms with Crippen molar-refractivity contribution in [3.05, 3.63) is 28.8 Å². The molecule has 2 atom stereocenters. The number of likely N-dealkylation sites (tertiary alicyclic amines) is 1. The Morgan fingerprint density at radius 2 is 2.24 bits per heavy atom. The van der Waals surface area contributed by atoms with E-state index in [1.165, 1.54) is 0 Å². The highest BCUT2D eigenvalue weighted by Gasteiger charge is 2.31. The van der Waals surface area contributed by atoms with Crippen molar-refractivity contribution in [2.75, 3.05) is 18.4 Å². The fourth-order valence-corrected chi connectivity index (χ4v) is 3.16. The van der Waals surface area contributed by atoms with E-state index in [4.69, 9.17) is 27.9 Å². The lowest BCUT2D eigenvalue weighted by molar-refractivity contribution is -0.132. The van der Waals surface area contributed by atoms with Gasteiger partial charge in [-0.3, -0.25) is 4.79 Å². The standard InChI is InChI=1S/C18H22ClN5O/c19-16-10-14(7-6-13(16)11-20)23-8-2-1-5-17(22)18(25)24-9-3-4-15(24)12-21/h6-7,10,15,17,23H,1-5,8-9,22H2/t15-,17-/m0/s1. The van der Waals surface area contributed by atoms with Crippen LogP contribution in [0.1, 0.15) is 37.7 Å². The average molecular weight is 360 g/mol. The number of benzene rings is 1. The van der Waals surface area contributed by atoms with E-state index >= 15 is 0 Å². The molecule has 25 heavy (non-hydrogen) atoms. The van der Waals surface area contributed by atoms with Crippen LogP contribution in [-0.2, 0) is 4.79 Å². The maximum atomic E-state index is 12.3. The molecule has 1 heterocycles. The third-order valence-corrected chi connectivity index (χ3v) is 4.68. The topological polar surface area (TPSA) is 106 Å². The summed E-state index contributed by atoms with van der Waals surface area (Å²) >= 11 is 5.99. The van der Waals surface area contributed by atoms with Gasteiger partial charge in [0.25, 0.3) is 0 Å². The predicted molar refractivity (Wildman–Crippen MR) is 96.8 cm³/mol. The van der Waals surface area contributed by atoms with E-state index in [0.717, 1.165) is 37.9 Å². The summed E-state index contributed by atoms with van der Waals surface area (Å²) in [5.74, 6) is -0.115. The molecule has 3 N–H and O–H groups in total. The molecule has 0 saturated carbocycles. The number of nitrogens with two attached hydrogens (primary N) is 1. The SMILES string of the molecule is N#Cc1ccc(NCCCC[C@H](N)C(=O)N2CCC[C@H]2C#N)cc1Cl. The van der Waals surface area contributed by atoms with E-state index in [-0.39, 0.29) is 11.9 Å². The monoisotopic (exact) mass is 359 g/mol. The van der Waals surface area contributed by atoms with Gasteiger partial charge in [0.15, 0.2) is 0 Å². The molecule has 1 aliphatic heterocycles. The summed E-state index contributed by atoms with van der Waals surface area (Å²) in [6, 6.07) is 8.55. The first-order valence-corrected chi connectivity index (χ1v) is 8.84. The van der Waals surface area contributed by atoms with Gasteiger partial charge in [0.2, 0.25) is 5.91 Å². The lowest BCUT2D eigenvalue weighted by Gasteiger charge is -2.23. The number of hydrogen-bond donors (Lipinski definition) is 2. The van der Waals surface area contributed by atoms with E-state index in [9.17, 15) is 4.79 Å². The first kappa shape index (κ1) is 19.1. The lowest BCUT2D eigenvalue weighted by Crippen LogP contribution is -2.45. The van der Waals surface area contributed by atoms with Gasteiger partial charge >= 0.3 is 0 Å². The van der Waals surface area contributed by atoms with Crippen molar-refractivity contribution in [3.8, 4) is 12.1 Å². The molecule has 6 nitrogen and oxygen atoms in total. The summed E-state index contributed by atoms with van der Waals surface area (Å²) in [4.78, 5) is 13.9. The van der Waals surface area contributed by atoms with E-state index in [1.807, 2.05) is 12.1 Å². The second-order valence-corrected chi connectivity index (χ2v) is 6.56. The molecule has 7 heteroatoms. The van der Waals surface area contributed by atoms with Crippen LogP contribution in [0.15, 0.2) is 18.2 Å². The van der Waals surface area contributed by atoms with Gasteiger partial charge in [-0.1, -0.05) is 11.6 Å². The van der Waals surface area contributed by atoms with E-state index in [0.29, 0.717) is 23.6 Å². The molecular formula is C18H22ClN5O. The molecular weight excluding hydrogens is 338 g/mol. The van der Waals surface area contributed by atoms with Gasteiger partial charge in [-0.15, -0.1) is 0 Å². The number of halogens is 1. The second-order valence-electron chi connectivity index (χ2n) is 6.15. The van der Waals surface area contributed by atoms with Crippen LogP contribution in [0.4, 0.5) is 5.69 Å². The molecule has 2 rings (SSSR count). The van der Waals surface area contributed by atoms with Gasteiger partial charge in [-0.05, 0) is 50.3 Å². The number of nitrogens with one attached hydrogen (secondary N) is 1. The number of rotatable bonds is 7. The van der Waals surface area contributed by atoms with Gasteiger partial charge in [0.05, 0.1) is 22.7 Å². The van der Waals surface area contributed by atoms with Crippen molar-refractivity contribution >= 4 is 23.2 Å². The van der Waals surface area contributed by atoms with Gasteiger partial charge in [-0.25, -0.2) is 0 Å². The maximum absolute atomic E-state index is 12.3. The van der Waals surface area contributed by atoms with Crippen LogP contribution in [-0.4, -0.2) is 36.0 Å². The number of carbonyl (C=O) groups excluding carboxylic acids is 1. The Labute approximate surface area is 153 Å². The van der Waals surface area contributed by atoms with Gasteiger partial charge in [0.1, 0.15) is 12.1 Å². The summed E-state index contributed by atoms with van der Waals surface area (Å²) in [6.45, 7) is 1.36. The van der Waals surface area contributed by atoms with Gasteiger partial charge < -0.3 is 16.0 Å². The highest BCUT2D eigenvalue weighted by atomic mass is 35.5. The highest BCUT2D eigenvalue weighted by molar-refractivity contribution is 6.32. The maximum Gasteiger partial charge on any atom is 0.240 e. The molecule has 0 aliphatic carbocycles. The molecule has 0 bridgehead atoms. The summed E-state index contributed by atoms with van der Waals surface area (Å²) in [5, 5.41) is 21.6. The van der Waals surface area contributed by atoms with Gasteiger partial charge in [-0.2, -0.15) is 10.5 Å². The zero-order valence-corrected chi connectivity index (χ0v) is 14.8. The third-order valence-electron chi connectivity index (χ3n) is 4.36. The van der Waals surface area contributed by atoms with E-state index < -0.39 is 6.04 Å². The molecule has 0 spiro atoms. The van der Waals surface area contributed by atoms with Crippen molar-refractivity contribution in [1.82, 2.24) is 4.90 Å². The average Bonchev–Trinajstić information content (AvgIpc) is 3.09. The van der Waals surface area contributed by atoms with E-state index in [1.54, 1.807) is 17.0 Å². The van der Waals surface area contributed by atoms with Crippen LogP contribution in [0.5, 0.6) is 0 Å². The van der Waals surface area contributed by atoms with Crippen molar-refractivity contribution < 1.29 is 4.79 Å². The minimum absolute atomic E-state index is 0.115. The van der Waals surface area contributed by atoms with E-state index in [2.05, 4.69) is 11.4 Å². The number of anilines is 1. The summed E-state index contributed by atoms with van der Waals surface area (Å²) < 4.78 is 0. The minimum atomic E-state index is -0.543. The summed E-state index contributed by atoms with van der Waals surface area (Å²) in [5.41, 5.74) is 7.30. The van der Waals surface area contributed by atoms with Crippen LogP contribution >= 0.6 is 11.6 Å². The fraction of sp³-hybridized carbons (Fsp3) is 0.500. The number of carbonyl (C=O) groups is 1. The molecule has 1 aromatic carbocycles. The minimum Gasteiger partial charge on any atom is -0.385 e. The zero-order valence-electron chi connectivity index (χ0n) is 14.0. The molecule has 0 radical (unpaired) electrons. The zero-order chi connectivity index (χ0) is 18.2. The first-order valence-electron chi connectivity index (χ1n) is 8.46. The van der Waals surface area contributed by atoms with Crippen molar-refractivity contribution in [1.29, 1.82) is 10.5 Å². The van der Waals surface area contributed by atoms with Crippen LogP contribution in [0.3, 0.4) is 0 Å². The first-order chi connectivity index (χ1) is 12.1. The van der Waals surface area contributed by atoms with Crippen molar-refractivity contribution in [2.24, 2.45) is 5.73 Å². The Morgan fingerprint density at radius 3 is 2.92 bits per heavy atom. The number of nitriles is 2. The van der Waals surface area contributed by atoms with Crippen LogP contribution in [0, 0.1) is 22.7 Å². The number of hydrogen-bond acceptors (Lipinski definition) is 5. The Morgan fingerprint density at radius 1 is 1.44 bits per heavy atom. The number of amides is 1. The van der Waals surface area contributed by atoms with Crippen LogP contribution in [0.25, 0.3) is 0 Å². The largest absolute Gasteiger partial charge is 0.385 e. The summed E-state index contributed by atoms with van der Waals surface area (Å²) in [7, 11) is 0. The third kappa shape index (κ3) is 5.09. The summed E-state index contributed by atoms with van der Waals surface area (Å²) in [6.07, 6.45) is 3.89. The second kappa shape index (κ2) is 9.27. The quantitative estimate of drug-likeness (QED) is 0.728. The molecule has 0 unspecified atom stereocenters. The molecule has 132 valence electrons. The fourth-order valence-electron chi connectivity index (χ4n) is 2.94. The molecule has 0 aromatic heterocycles. The predicted octanol–water partition coefficient (Wildman–Crippen LogP) is 2.64. The molecule has 1 amide bonds. The lowest BCUT2D eigenvalue weighted by atomic mass is 10.1. The molecule has 1 fully saturated rings.